The first-order valence-electron chi connectivity index (χ1n) is 7.84. The molecule has 0 unspecified atom stereocenters. The normalized spacial score (nSPS) is 16.8. The molecule has 1 fully saturated rings. The lowest BCUT2D eigenvalue weighted by Gasteiger charge is -2.17. The van der Waals surface area contributed by atoms with Gasteiger partial charge in [0, 0.05) is 25.1 Å². The molecule has 1 atom stereocenters. The van der Waals surface area contributed by atoms with Gasteiger partial charge in [-0.15, -0.1) is 0 Å². The molecule has 24 heavy (non-hydrogen) atoms. The van der Waals surface area contributed by atoms with Crippen LogP contribution in [0.4, 0.5) is 5.69 Å². The third kappa shape index (κ3) is 3.90. The van der Waals surface area contributed by atoms with Crippen molar-refractivity contribution in [1.29, 1.82) is 0 Å². The van der Waals surface area contributed by atoms with Gasteiger partial charge in [-0.2, -0.15) is 0 Å². The molecule has 0 aliphatic carbocycles. The van der Waals surface area contributed by atoms with Crippen LogP contribution in [0.25, 0.3) is 0 Å². The van der Waals surface area contributed by atoms with Crippen molar-refractivity contribution in [3.05, 3.63) is 70.3 Å². The van der Waals surface area contributed by atoms with Gasteiger partial charge in [-0.3, -0.25) is 14.9 Å². The molecule has 6 heteroatoms. The largest absolute Gasteiger partial charge is 0.489 e. The standard InChI is InChI=1S/C18H18N2O4/c21-18(12-14-5-4-6-15(11-14)20(22)23)19-10-9-17(13-19)24-16-7-2-1-3-8-16/h1-8,11,17H,9-10,12-13H2/t17-/m1/s1. The summed E-state index contributed by atoms with van der Waals surface area (Å²) in [6.45, 7) is 1.19. The van der Waals surface area contributed by atoms with E-state index in [1.165, 1.54) is 12.1 Å². The van der Waals surface area contributed by atoms with Crippen LogP contribution in [-0.4, -0.2) is 34.9 Å². The number of rotatable bonds is 5. The molecule has 1 amide bonds. The Kier molecular flexibility index (Phi) is 4.74. The third-order valence-electron chi connectivity index (χ3n) is 4.02. The van der Waals surface area contributed by atoms with Crippen LogP contribution in [0.15, 0.2) is 54.6 Å². The van der Waals surface area contributed by atoms with Crippen molar-refractivity contribution in [2.45, 2.75) is 18.9 Å². The molecule has 0 N–H and O–H groups in total. The lowest BCUT2D eigenvalue weighted by atomic mass is 10.1. The van der Waals surface area contributed by atoms with E-state index in [0.717, 1.165) is 12.2 Å². The van der Waals surface area contributed by atoms with E-state index in [2.05, 4.69) is 0 Å². The van der Waals surface area contributed by atoms with E-state index in [4.69, 9.17) is 4.74 Å². The number of nitro benzene ring substituents is 1. The zero-order valence-electron chi connectivity index (χ0n) is 13.1. The number of carbonyl (C=O) groups is 1. The monoisotopic (exact) mass is 326 g/mol. The van der Waals surface area contributed by atoms with E-state index < -0.39 is 4.92 Å². The van der Waals surface area contributed by atoms with Gasteiger partial charge in [0.2, 0.25) is 5.91 Å². The summed E-state index contributed by atoms with van der Waals surface area (Å²) in [7, 11) is 0. The summed E-state index contributed by atoms with van der Waals surface area (Å²) >= 11 is 0. The SMILES string of the molecule is O=C(Cc1cccc([N+](=O)[O-])c1)N1CC[C@@H](Oc2ccccc2)C1. The fraction of sp³-hybridized carbons (Fsp3) is 0.278. The van der Waals surface area contributed by atoms with Gasteiger partial charge in [0.1, 0.15) is 11.9 Å². The van der Waals surface area contributed by atoms with Crippen LogP contribution in [0.5, 0.6) is 5.75 Å². The first-order chi connectivity index (χ1) is 11.6. The average molecular weight is 326 g/mol. The van der Waals surface area contributed by atoms with E-state index in [9.17, 15) is 14.9 Å². The van der Waals surface area contributed by atoms with Gasteiger partial charge in [-0.1, -0.05) is 30.3 Å². The molecule has 0 aromatic heterocycles. The van der Waals surface area contributed by atoms with E-state index in [1.807, 2.05) is 30.3 Å². The first kappa shape index (κ1) is 16.0. The number of likely N-dealkylation sites (tertiary alicyclic amines) is 1. The average Bonchev–Trinajstić information content (AvgIpc) is 3.04. The van der Waals surface area contributed by atoms with E-state index >= 15 is 0 Å². The van der Waals surface area contributed by atoms with Crippen LogP contribution < -0.4 is 4.74 Å². The fourth-order valence-electron chi connectivity index (χ4n) is 2.81. The van der Waals surface area contributed by atoms with Crippen LogP contribution in [0, 0.1) is 10.1 Å². The zero-order valence-corrected chi connectivity index (χ0v) is 13.1. The Morgan fingerprint density at radius 1 is 1.21 bits per heavy atom. The number of nitro groups is 1. The molecule has 0 radical (unpaired) electrons. The minimum Gasteiger partial charge on any atom is -0.489 e. The van der Waals surface area contributed by atoms with Crippen LogP contribution in [-0.2, 0) is 11.2 Å². The number of amides is 1. The van der Waals surface area contributed by atoms with Crippen LogP contribution in [0.1, 0.15) is 12.0 Å². The van der Waals surface area contributed by atoms with Crippen LogP contribution >= 0.6 is 0 Å². The number of para-hydroxylation sites is 1. The smallest absolute Gasteiger partial charge is 0.269 e. The maximum Gasteiger partial charge on any atom is 0.269 e. The van der Waals surface area contributed by atoms with Crippen molar-refractivity contribution >= 4 is 11.6 Å². The molecule has 3 rings (SSSR count). The number of benzene rings is 2. The molecule has 0 bridgehead atoms. The maximum absolute atomic E-state index is 12.4. The third-order valence-corrected chi connectivity index (χ3v) is 4.02. The van der Waals surface area contributed by atoms with Gasteiger partial charge in [-0.25, -0.2) is 0 Å². The molecular formula is C18H18N2O4. The van der Waals surface area contributed by atoms with E-state index in [-0.39, 0.29) is 24.1 Å². The molecule has 1 aliphatic heterocycles. The molecule has 1 saturated heterocycles. The van der Waals surface area contributed by atoms with Crippen molar-refractivity contribution in [2.75, 3.05) is 13.1 Å². The van der Waals surface area contributed by atoms with Gasteiger partial charge in [0.25, 0.3) is 5.69 Å². The molecule has 1 aliphatic rings. The summed E-state index contributed by atoms with van der Waals surface area (Å²) in [4.78, 5) is 24.5. The number of hydrogen-bond donors (Lipinski definition) is 0. The predicted octanol–water partition coefficient (Wildman–Crippen LogP) is 2.82. The number of ether oxygens (including phenoxy) is 1. The second kappa shape index (κ2) is 7.12. The number of non-ortho nitro benzene ring substituents is 1. The molecule has 2 aromatic carbocycles. The molecule has 6 nitrogen and oxygen atoms in total. The Hall–Kier alpha value is -2.89. The summed E-state index contributed by atoms with van der Waals surface area (Å²) in [6, 6.07) is 15.8. The van der Waals surface area contributed by atoms with Crippen molar-refractivity contribution in [3.8, 4) is 5.75 Å². The van der Waals surface area contributed by atoms with Gasteiger partial charge >= 0.3 is 0 Å². The summed E-state index contributed by atoms with van der Waals surface area (Å²) in [5.74, 6) is 0.769. The number of carbonyl (C=O) groups excluding carboxylic acids is 1. The minimum absolute atomic E-state index is 0.00649. The van der Waals surface area contributed by atoms with Crippen molar-refractivity contribution in [3.63, 3.8) is 0 Å². The number of hydrogen-bond acceptors (Lipinski definition) is 4. The molecule has 2 aromatic rings. The van der Waals surface area contributed by atoms with Crippen LogP contribution in [0.2, 0.25) is 0 Å². The highest BCUT2D eigenvalue weighted by Gasteiger charge is 2.27. The summed E-state index contributed by atoms with van der Waals surface area (Å²) in [5.41, 5.74) is 0.661. The van der Waals surface area contributed by atoms with Gasteiger partial charge < -0.3 is 9.64 Å². The first-order valence-corrected chi connectivity index (χ1v) is 7.84. The second-order valence-electron chi connectivity index (χ2n) is 5.79. The topological polar surface area (TPSA) is 72.7 Å². The Morgan fingerprint density at radius 3 is 2.75 bits per heavy atom. The summed E-state index contributed by atoms with van der Waals surface area (Å²) < 4.78 is 5.87. The second-order valence-corrected chi connectivity index (χ2v) is 5.79. The van der Waals surface area contributed by atoms with Crippen molar-refractivity contribution < 1.29 is 14.5 Å². The van der Waals surface area contributed by atoms with Crippen molar-refractivity contribution in [1.82, 2.24) is 4.90 Å². The minimum atomic E-state index is -0.451. The quantitative estimate of drug-likeness (QED) is 0.625. The van der Waals surface area contributed by atoms with Gasteiger partial charge in [0.15, 0.2) is 0 Å². The fourth-order valence-corrected chi connectivity index (χ4v) is 2.81. The Morgan fingerprint density at radius 2 is 2.00 bits per heavy atom. The van der Waals surface area contributed by atoms with Gasteiger partial charge in [0.05, 0.1) is 17.9 Å². The Balaban J connectivity index is 1.56. The molecule has 0 saturated carbocycles. The highest BCUT2D eigenvalue weighted by Crippen LogP contribution is 2.19. The molecule has 1 heterocycles. The lowest BCUT2D eigenvalue weighted by Crippen LogP contribution is -2.32. The lowest BCUT2D eigenvalue weighted by molar-refractivity contribution is -0.384. The highest BCUT2D eigenvalue weighted by atomic mass is 16.6. The predicted molar refractivity (Wildman–Crippen MR) is 88.9 cm³/mol. The summed E-state index contributed by atoms with van der Waals surface area (Å²) in [6.07, 6.45) is 0.941. The van der Waals surface area contributed by atoms with Crippen LogP contribution in [0.3, 0.4) is 0 Å². The van der Waals surface area contributed by atoms with E-state index in [1.54, 1.807) is 17.0 Å². The highest BCUT2D eigenvalue weighted by molar-refractivity contribution is 5.79. The Bertz CT molecular complexity index is 733. The zero-order chi connectivity index (χ0) is 16.9. The van der Waals surface area contributed by atoms with E-state index in [0.29, 0.717) is 18.7 Å². The van der Waals surface area contributed by atoms with Crippen molar-refractivity contribution in [2.24, 2.45) is 0 Å². The van der Waals surface area contributed by atoms with Gasteiger partial charge in [-0.05, 0) is 17.7 Å². The molecule has 124 valence electrons. The molecule has 0 spiro atoms. The molecular weight excluding hydrogens is 308 g/mol. The maximum atomic E-state index is 12.4. The Labute approximate surface area is 139 Å². The summed E-state index contributed by atoms with van der Waals surface area (Å²) in [5, 5.41) is 10.8. The number of nitrogens with zero attached hydrogens (tertiary/aromatic N) is 2.